The van der Waals surface area contributed by atoms with Crippen molar-refractivity contribution in [1.82, 2.24) is 15.1 Å². The smallest absolute Gasteiger partial charge is 0.310 e. The number of hydrogen-bond donors (Lipinski definition) is 2. The Hall–Kier alpha value is -1.85. The van der Waals surface area contributed by atoms with E-state index in [-0.39, 0.29) is 12.3 Å². The predicted octanol–water partition coefficient (Wildman–Crippen LogP) is 1.76. The molecule has 2 fully saturated rings. The van der Waals surface area contributed by atoms with Crippen LogP contribution in [0, 0.1) is 5.41 Å². The van der Waals surface area contributed by atoms with Crippen molar-refractivity contribution in [2.24, 2.45) is 5.41 Å². The zero-order chi connectivity index (χ0) is 14.9. The Bertz CT molecular complexity index is 514. The fourth-order valence-corrected chi connectivity index (χ4v) is 3.42. The van der Waals surface area contributed by atoms with Crippen LogP contribution in [-0.4, -0.2) is 45.2 Å². The number of piperidine rings is 1. The molecule has 0 bridgehead atoms. The topological polar surface area (TPSA) is 86.3 Å². The van der Waals surface area contributed by atoms with E-state index in [1.165, 1.54) is 5.56 Å². The second kappa shape index (κ2) is 5.50. The number of carboxylic acid groups (broad SMARTS) is 1. The minimum atomic E-state index is -0.810. The Labute approximate surface area is 123 Å². The first-order chi connectivity index (χ1) is 10.1. The molecule has 3 rings (SSSR count). The van der Waals surface area contributed by atoms with Crippen molar-refractivity contribution in [2.45, 2.75) is 44.4 Å². The van der Waals surface area contributed by atoms with Crippen LogP contribution in [0.4, 0.5) is 0 Å². The van der Waals surface area contributed by atoms with E-state index in [0.717, 1.165) is 19.3 Å². The van der Waals surface area contributed by atoms with Gasteiger partial charge in [0, 0.05) is 25.7 Å². The second-order valence-corrected chi connectivity index (χ2v) is 6.30. The van der Waals surface area contributed by atoms with E-state index in [1.807, 2.05) is 17.3 Å². The van der Waals surface area contributed by atoms with Gasteiger partial charge in [-0.2, -0.15) is 5.10 Å². The molecule has 1 amide bonds. The Morgan fingerprint density at radius 3 is 2.57 bits per heavy atom. The number of H-pyrrole nitrogens is 1. The van der Waals surface area contributed by atoms with E-state index in [2.05, 4.69) is 10.2 Å². The van der Waals surface area contributed by atoms with Crippen molar-refractivity contribution in [3.05, 3.63) is 18.0 Å². The van der Waals surface area contributed by atoms with Crippen LogP contribution in [0.5, 0.6) is 0 Å². The molecule has 2 N–H and O–H groups in total. The maximum Gasteiger partial charge on any atom is 0.310 e. The molecule has 1 aliphatic heterocycles. The Morgan fingerprint density at radius 1 is 1.38 bits per heavy atom. The molecule has 114 valence electrons. The number of likely N-dealkylation sites (tertiary alicyclic amines) is 1. The summed E-state index contributed by atoms with van der Waals surface area (Å²) < 4.78 is 0. The Morgan fingerprint density at radius 2 is 2.10 bits per heavy atom. The first kappa shape index (κ1) is 14.1. The molecular weight excluding hydrogens is 270 g/mol. The number of nitrogens with one attached hydrogen (secondary N) is 1. The summed E-state index contributed by atoms with van der Waals surface area (Å²) in [5.74, 6) is -0.358. The van der Waals surface area contributed by atoms with Gasteiger partial charge >= 0.3 is 5.97 Å². The minimum Gasteiger partial charge on any atom is -0.481 e. The molecule has 1 aliphatic carbocycles. The number of hydrogen-bond acceptors (Lipinski definition) is 3. The lowest BCUT2D eigenvalue weighted by atomic mass is 9.66. The van der Waals surface area contributed by atoms with Crippen molar-refractivity contribution >= 4 is 11.9 Å². The highest BCUT2D eigenvalue weighted by Gasteiger charge is 2.46. The third-order valence-electron chi connectivity index (χ3n) is 5.09. The third-order valence-corrected chi connectivity index (χ3v) is 5.09. The maximum absolute atomic E-state index is 12.3. The van der Waals surface area contributed by atoms with Crippen molar-refractivity contribution in [3.63, 3.8) is 0 Å². The molecule has 0 unspecified atom stereocenters. The van der Waals surface area contributed by atoms with Crippen molar-refractivity contribution < 1.29 is 14.7 Å². The molecule has 1 aromatic rings. The van der Waals surface area contributed by atoms with E-state index in [0.29, 0.717) is 31.8 Å². The summed E-state index contributed by atoms with van der Waals surface area (Å²) in [5, 5.41) is 16.1. The van der Waals surface area contributed by atoms with Gasteiger partial charge in [-0.15, -0.1) is 0 Å². The summed E-state index contributed by atoms with van der Waals surface area (Å²) in [6, 6.07) is 0. The van der Waals surface area contributed by atoms with Gasteiger partial charge in [0.1, 0.15) is 0 Å². The molecule has 0 atom stereocenters. The van der Waals surface area contributed by atoms with Crippen molar-refractivity contribution in [3.8, 4) is 0 Å². The van der Waals surface area contributed by atoms with Gasteiger partial charge in [0.15, 0.2) is 0 Å². The second-order valence-electron chi connectivity index (χ2n) is 6.30. The summed E-state index contributed by atoms with van der Waals surface area (Å²) in [4.78, 5) is 25.5. The highest BCUT2D eigenvalue weighted by molar-refractivity contribution is 5.85. The van der Waals surface area contributed by atoms with Gasteiger partial charge in [0.05, 0.1) is 11.6 Å². The first-order valence-electron chi connectivity index (χ1n) is 7.61. The first-order valence-corrected chi connectivity index (χ1v) is 7.61. The van der Waals surface area contributed by atoms with Crippen LogP contribution < -0.4 is 0 Å². The predicted molar refractivity (Wildman–Crippen MR) is 75.7 cm³/mol. The van der Waals surface area contributed by atoms with Crippen molar-refractivity contribution in [1.29, 1.82) is 0 Å². The lowest BCUT2D eigenvalue weighted by Gasteiger charge is -2.39. The van der Waals surface area contributed by atoms with Crippen LogP contribution >= 0.6 is 0 Å². The van der Waals surface area contributed by atoms with Gasteiger partial charge < -0.3 is 10.0 Å². The number of carbonyl (C=O) groups excluding carboxylic acids is 1. The molecule has 6 nitrogen and oxygen atoms in total. The highest BCUT2D eigenvalue weighted by atomic mass is 16.4. The van der Waals surface area contributed by atoms with Crippen LogP contribution in [0.15, 0.2) is 12.4 Å². The zero-order valence-corrected chi connectivity index (χ0v) is 12.0. The third kappa shape index (κ3) is 2.66. The lowest BCUT2D eigenvalue weighted by Crippen LogP contribution is -2.45. The number of rotatable bonds is 4. The lowest BCUT2D eigenvalue weighted by molar-refractivity contribution is -0.159. The zero-order valence-electron chi connectivity index (χ0n) is 12.0. The molecule has 6 heteroatoms. The molecule has 1 saturated heterocycles. The van der Waals surface area contributed by atoms with E-state index >= 15 is 0 Å². The van der Waals surface area contributed by atoms with E-state index in [9.17, 15) is 14.7 Å². The van der Waals surface area contributed by atoms with Gasteiger partial charge in [-0.1, -0.05) is 6.42 Å². The standard InChI is InChI=1S/C15H21N3O3/c19-13(8-15(14(20)21)4-1-5-15)18-6-2-11(3-7-18)12-9-16-17-10-12/h9-11H,1-8H2,(H,16,17)(H,20,21). The largest absolute Gasteiger partial charge is 0.481 e. The number of aromatic nitrogens is 2. The number of nitrogens with zero attached hydrogens (tertiary/aromatic N) is 2. The number of amides is 1. The van der Waals surface area contributed by atoms with Crippen molar-refractivity contribution in [2.75, 3.05) is 13.1 Å². The normalized spacial score (nSPS) is 21.8. The molecular formula is C15H21N3O3. The molecule has 2 aliphatic rings. The van der Waals surface area contributed by atoms with Crippen LogP contribution in [0.2, 0.25) is 0 Å². The molecule has 0 radical (unpaired) electrons. The van der Waals surface area contributed by atoms with E-state index in [1.54, 1.807) is 0 Å². The average Bonchev–Trinajstić information content (AvgIpc) is 2.96. The number of carboxylic acids is 1. The Kier molecular flexibility index (Phi) is 3.69. The number of aliphatic carboxylic acids is 1. The average molecular weight is 291 g/mol. The fourth-order valence-electron chi connectivity index (χ4n) is 3.42. The summed E-state index contributed by atoms with van der Waals surface area (Å²) in [7, 11) is 0. The van der Waals surface area contributed by atoms with E-state index < -0.39 is 11.4 Å². The monoisotopic (exact) mass is 291 g/mol. The number of carbonyl (C=O) groups is 2. The van der Waals surface area contributed by atoms with Crippen LogP contribution in [0.1, 0.15) is 50.0 Å². The molecule has 1 saturated carbocycles. The van der Waals surface area contributed by atoms with Crippen LogP contribution in [0.25, 0.3) is 0 Å². The molecule has 1 aromatic heterocycles. The SMILES string of the molecule is O=C(CC1(C(=O)O)CCC1)N1CCC(c2cn[nH]c2)CC1. The summed E-state index contributed by atoms with van der Waals surface area (Å²) in [5.41, 5.74) is 0.418. The van der Waals surface area contributed by atoms with Gasteiger partial charge in [-0.05, 0) is 37.2 Å². The fraction of sp³-hybridized carbons (Fsp3) is 0.667. The van der Waals surface area contributed by atoms with Gasteiger partial charge in [-0.3, -0.25) is 14.7 Å². The van der Waals surface area contributed by atoms with Crippen LogP contribution in [0.3, 0.4) is 0 Å². The molecule has 0 spiro atoms. The quantitative estimate of drug-likeness (QED) is 0.885. The molecule has 21 heavy (non-hydrogen) atoms. The summed E-state index contributed by atoms with van der Waals surface area (Å²) in [6.07, 6.45) is 7.96. The Balaban J connectivity index is 1.54. The minimum absolute atomic E-state index is 0.00254. The maximum atomic E-state index is 12.3. The molecule has 0 aromatic carbocycles. The van der Waals surface area contributed by atoms with Gasteiger partial charge in [0.25, 0.3) is 0 Å². The molecule has 2 heterocycles. The van der Waals surface area contributed by atoms with Gasteiger partial charge in [-0.25, -0.2) is 0 Å². The number of aromatic amines is 1. The van der Waals surface area contributed by atoms with E-state index in [4.69, 9.17) is 0 Å². The van der Waals surface area contributed by atoms with Crippen LogP contribution in [-0.2, 0) is 9.59 Å². The van der Waals surface area contributed by atoms with Gasteiger partial charge in [0.2, 0.25) is 5.91 Å². The summed E-state index contributed by atoms with van der Waals surface area (Å²) in [6.45, 7) is 1.43. The summed E-state index contributed by atoms with van der Waals surface area (Å²) >= 11 is 0. The highest BCUT2D eigenvalue weighted by Crippen LogP contribution is 2.44.